The van der Waals surface area contributed by atoms with E-state index in [0.717, 1.165) is 6.42 Å². The Morgan fingerprint density at radius 3 is 1.14 bits per heavy atom. The number of carbonyl (C=O) groups is 2. The minimum atomic E-state index is -1.68. The molecular weight excluding hydrogens is 366 g/mol. The average molecular weight is 408 g/mol. The molecule has 0 aromatic rings. The van der Waals surface area contributed by atoms with Gasteiger partial charge in [0.1, 0.15) is 0 Å². The SMILES string of the molecule is CCCCCCCCCCCCCCCCCCO.O=C(O)ONOC(=O)O. The van der Waals surface area contributed by atoms with Gasteiger partial charge in [-0.2, -0.15) is 0 Å². The lowest BCUT2D eigenvalue weighted by Gasteiger charge is -2.03. The Hall–Kier alpha value is -1.54. The van der Waals surface area contributed by atoms with Gasteiger partial charge in [0.25, 0.3) is 0 Å². The van der Waals surface area contributed by atoms with Crippen LogP contribution in [0.5, 0.6) is 0 Å². The zero-order valence-corrected chi connectivity index (χ0v) is 17.5. The summed E-state index contributed by atoms with van der Waals surface area (Å²) >= 11 is 0. The molecule has 0 bridgehead atoms. The molecule has 0 aromatic heterocycles. The lowest BCUT2D eigenvalue weighted by Crippen LogP contribution is -2.21. The molecule has 0 amide bonds. The van der Waals surface area contributed by atoms with E-state index in [1.165, 1.54) is 102 Å². The molecule has 0 aliphatic heterocycles. The van der Waals surface area contributed by atoms with Crippen LogP contribution in [-0.2, 0) is 9.68 Å². The summed E-state index contributed by atoms with van der Waals surface area (Å²) in [6.45, 7) is 2.66. The van der Waals surface area contributed by atoms with Gasteiger partial charge in [-0.25, -0.2) is 9.59 Å². The van der Waals surface area contributed by atoms with Crippen LogP contribution in [0.2, 0.25) is 0 Å². The minimum absolute atomic E-state index is 0.373. The molecule has 8 heteroatoms. The van der Waals surface area contributed by atoms with Gasteiger partial charge >= 0.3 is 12.3 Å². The fraction of sp³-hybridized carbons (Fsp3) is 0.900. The molecule has 0 saturated carbocycles. The first kappa shape index (κ1) is 28.7. The summed E-state index contributed by atoms with van der Waals surface area (Å²) in [5.41, 5.74) is 1.19. The number of hydrogen-bond acceptors (Lipinski definition) is 6. The minimum Gasteiger partial charge on any atom is -0.448 e. The Morgan fingerprint density at radius 2 is 0.893 bits per heavy atom. The number of rotatable bonds is 18. The van der Waals surface area contributed by atoms with E-state index in [1.54, 1.807) is 0 Å². The highest BCUT2D eigenvalue weighted by Gasteiger charge is 1.98. The van der Waals surface area contributed by atoms with Crippen LogP contribution in [0.25, 0.3) is 0 Å². The number of hydrogen-bond donors (Lipinski definition) is 4. The van der Waals surface area contributed by atoms with E-state index in [9.17, 15) is 9.59 Å². The van der Waals surface area contributed by atoms with E-state index < -0.39 is 12.3 Å². The van der Waals surface area contributed by atoms with Crippen molar-refractivity contribution in [3.8, 4) is 0 Å². The first-order valence-electron chi connectivity index (χ1n) is 10.7. The van der Waals surface area contributed by atoms with Gasteiger partial charge in [-0.05, 0) is 6.42 Å². The molecule has 0 aliphatic carbocycles. The highest BCUT2D eigenvalue weighted by atomic mass is 17.0. The van der Waals surface area contributed by atoms with Crippen molar-refractivity contribution >= 4 is 12.3 Å². The van der Waals surface area contributed by atoms with Gasteiger partial charge in [-0.15, -0.1) is 0 Å². The lowest BCUT2D eigenvalue weighted by atomic mass is 10.0. The van der Waals surface area contributed by atoms with Crippen molar-refractivity contribution in [3.05, 3.63) is 0 Å². The van der Waals surface area contributed by atoms with E-state index in [0.29, 0.717) is 6.61 Å². The number of nitrogens with one attached hydrogen (secondary N) is 1. The van der Waals surface area contributed by atoms with Crippen molar-refractivity contribution in [1.82, 2.24) is 5.64 Å². The summed E-state index contributed by atoms with van der Waals surface area (Å²) in [5.74, 6) is 0. The number of carboxylic acid groups (broad SMARTS) is 2. The molecule has 8 nitrogen and oxygen atoms in total. The third kappa shape index (κ3) is 32.2. The van der Waals surface area contributed by atoms with Crippen molar-refractivity contribution in [2.24, 2.45) is 0 Å². The van der Waals surface area contributed by atoms with Crippen LogP contribution in [0.15, 0.2) is 0 Å². The summed E-state index contributed by atoms with van der Waals surface area (Å²) in [6.07, 6.45) is 18.8. The van der Waals surface area contributed by atoms with Crippen LogP contribution < -0.4 is 5.64 Å². The third-order valence-corrected chi connectivity index (χ3v) is 4.27. The van der Waals surface area contributed by atoms with Gasteiger partial charge < -0.3 is 25.0 Å². The van der Waals surface area contributed by atoms with E-state index in [-0.39, 0.29) is 0 Å². The third-order valence-electron chi connectivity index (χ3n) is 4.27. The van der Waals surface area contributed by atoms with Crippen LogP contribution in [0.3, 0.4) is 0 Å². The quantitative estimate of drug-likeness (QED) is 0.160. The molecule has 0 heterocycles. The summed E-state index contributed by atoms with van der Waals surface area (Å²) in [4.78, 5) is 25.7. The molecule has 0 aromatic carbocycles. The average Bonchev–Trinajstić information content (AvgIpc) is 2.65. The van der Waals surface area contributed by atoms with Crippen molar-refractivity contribution in [3.63, 3.8) is 0 Å². The second-order valence-corrected chi connectivity index (χ2v) is 6.85. The molecular formula is C20H41NO7. The van der Waals surface area contributed by atoms with Crippen LogP contribution in [-0.4, -0.2) is 34.2 Å². The van der Waals surface area contributed by atoms with E-state index in [2.05, 4.69) is 16.6 Å². The van der Waals surface area contributed by atoms with Crippen LogP contribution in [0.1, 0.15) is 110 Å². The fourth-order valence-electron chi connectivity index (χ4n) is 2.75. The van der Waals surface area contributed by atoms with Crippen LogP contribution >= 0.6 is 0 Å². The van der Waals surface area contributed by atoms with Crippen molar-refractivity contribution in [2.75, 3.05) is 6.61 Å². The molecule has 28 heavy (non-hydrogen) atoms. The van der Waals surface area contributed by atoms with Gasteiger partial charge in [0, 0.05) is 12.3 Å². The first-order chi connectivity index (χ1) is 13.5. The summed E-state index contributed by atoms with van der Waals surface area (Å²) in [6, 6.07) is 0. The highest BCUT2D eigenvalue weighted by Crippen LogP contribution is 2.13. The number of unbranched alkanes of at least 4 members (excludes halogenated alkanes) is 15. The van der Waals surface area contributed by atoms with Crippen LogP contribution in [0, 0.1) is 0 Å². The predicted octanol–water partition coefficient (Wildman–Crippen LogP) is 6.04. The Kier molecular flexibility index (Phi) is 26.1. The van der Waals surface area contributed by atoms with E-state index >= 15 is 0 Å². The molecule has 168 valence electrons. The Morgan fingerprint density at radius 1 is 0.607 bits per heavy atom. The summed E-state index contributed by atoms with van der Waals surface area (Å²) in [7, 11) is 0. The second kappa shape index (κ2) is 25.5. The van der Waals surface area contributed by atoms with E-state index in [4.69, 9.17) is 15.3 Å². The fourth-order valence-corrected chi connectivity index (χ4v) is 2.75. The largest absolute Gasteiger partial charge is 0.527 e. The molecule has 0 fully saturated rings. The van der Waals surface area contributed by atoms with Gasteiger partial charge in [0.05, 0.1) is 0 Å². The van der Waals surface area contributed by atoms with Crippen LogP contribution in [0.4, 0.5) is 9.59 Å². The number of aliphatic hydroxyl groups excluding tert-OH is 1. The molecule has 0 unspecified atom stereocenters. The zero-order chi connectivity index (χ0) is 21.3. The molecule has 0 saturated heterocycles. The first-order valence-corrected chi connectivity index (χ1v) is 10.7. The van der Waals surface area contributed by atoms with E-state index in [1.807, 2.05) is 0 Å². The number of aliphatic hydroxyl groups is 1. The Balaban J connectivity index is 0. The maximum atomic E-state index is 9.42. The van der Waals surface area contributed by atoms with Crippen molar-refractivity contribution < 1.29 is 34.6 Å². The Bertz CT molecular complexity index is 311. The lowest BCUT2D eigenvalue weighted by molar-refractivity contribution is -0.113. The molecule has 0 rings (SSSR count). The highest BCUT2D eigenvalue weighted by molar-refractivity contribution is 5.57. The standard InChI is InChI=1S/C18H38O.C2H3NO6/c1-2-3-4-5-6-7-8-9-10-11-12-13-14-15-16-17-18-19;4-1(5)8-3-9-2(6)7/h19H,2-18H2,1H3;3H,(H,4,5)(H,6,7). The maximum Gasteiger partial charge on any atom is 0.527 e. The normalized spacial score (nSPS) is 10.1. The summed E-state index contributed by atoms with van der Waals surface area (Å²) in [5, 5.41) is 24.0. The zero-order valence-electron chi connectivity index (χ0n) is 17.5. The second-order valence-electron chi connectivity index (χ2n) is 6.85. The van der Waals surface area contributed by atoms with Gasteiger partial charge in [0.2, 0.25) is 0 Å². The van der Waals surface area contributed by atoms with Gasteiger partial charge in [-0.3, -0.25) is 0 Å². The van der Waals surface area contributed by atoms with Crippen molar-refractivity contribution in [2.45, 2.75) is 110 Å². The molecule has 0 atom stereocenters. The monoisotopic (exact) mass is 407 g/mol. The molecule has 0 aliphatic rings. The summed E-state index contributed by atoms with van der Waals surface area (Å²) < 4.78 is 0. The smallest absolute Gasteiger partial charge is 0.448 e. The van der Waals surface area contributed by atoms with Crippen molar-refractivity contribution in [1.29, 1.82) is 0 Å². The topological polar surface area (TPSA) is 125 Å². The molecule has 0 spiro atoms. The maximum absolute atomic E-state index is 9.42. The Labute approximate surface area is 169 Å². The molecule has 4 N–H and O–H groups in total. The molecule has 0 radical (unpaired) electrons. The predicted molar refractivity (Wildman–Crippen MR) is 108 cm³/mol. The van der Waals surface area contributed by atoms with Gasteiger partial charge in [0.15, 0.2) is 0 Å². The van der Waals surface area contributed by atoms with Gasteiger partial charge in [-0.1, -0.05) is 103 Å².